The van der Waals surface area contributed by atoms with Gasteiger partial charge in [-0.05, 0) is 59.3 Å². The highest BCUT2D eigenvalue weighted by molar-refractivity contribution is 14.1. The first-order chi connectivity index (χ1) is 8.66. The van der Waals surface area contributed by atoms with E-state index in [1.807, 2.05) is 55.5 Å². The van der Waals surface area contributed by atoms with Crippen molar-refractivity contribution in [2.45, 2.75) is 6.92 Å². The van der Waals surface area contributed by atoms with Crippen molar-refractivity contribution in [2.75, 3.05) is 6.61 Å². The molecule has 0 aliphatic heterocycles. The molecule has 0 fully saturated rings. The lowest BCUT2D eigenvalue weighted by molar-refractivity contribution is 0.0921. The van der Waals surface area contributed by atoms with Gasteiger partial charge >= 0.3 is 0 Å². The number of hydrogen-bond donors (Lipinski definition) is 0. The number of rotatable bonds is 4. The number of aryl methyl sites for hydroxylation is 1. The number of ether oxygens (including phenoxy) is 1. The average molecular weight is 352 g/mol. The predicted molar refractivity (Wildman–Crippen MR) is 80.2 cm³/mol. The Morgan fingerprint density at radius 1 is 1.11 bits per heavy atom. The highest BCUT2D eigenvalue weighted by Crippen LogP contribution is 2.14. The molecule has 0 aromatic heterocycles. The molecule has 18 heavy (non-hydrogen) atoms. The molecule has 2 aromatic rings. The number of carbonyl (C=O) groups excluding carboxylic acids is 1. The Hall–Kier alpha value is -1.36. The first-order valence-electron chi connectivity index (χ1n) is 5.64. The molecule has 0 aliphatic rings. The van der Waals surface area contributed by atoms with Gasteiger partial charge < -0.3 is 4.74 Å². The Labute approximate surface area is 120 Å². The van der Waals surface area contributed by atoms with Gasteiger partial charge in [0.25, 0.3) is 0 Å². The van der Waals surface area contributed by atoms with Crippen LogP contribution in [0.5, 0.6) is 5.75 Å². The van der Waals surface area contributed by atoms with Crippen LogP contribution in [0.3, 0.4) is 0 Å². The number of halogens is 1. The summed E-state index contributed by atoms with van der Waals surface area (Å²) in [5, 5.41) is 0. The van der Waals surface area contributed by atoms with Crippen LogP contribution in [0.15, 0.2) is 48.5 Å². The minimum absolute atomic E-state index is 0.00616. The van der Waals surface area contributed by atoms with Gasteiger partial charge in [-0.25, -0.2) is 0 Å². The predicted octanol–water partition coefficient (Wildman–Crippen LogP) is 3.86. The number of ketones is 1. The maximum atomic E-state index is 12.0. The number of hydrogen-bond acceptors (Lipinski definition) is 2. The second kappa shape index (κ2) is 6.00. The molecule has 0 saturated carbocycles. The van der Waals surface area contributed by atoms with E-state index < -0.39 is 0 Å². The molecule has 0 saturated heterocycles. The first kappa shape index (κ1) is 13.1. The summed E-state index contributed by atoms with van der Waals surface area (Å²) in [6.45, 7) is 2.00. The fourth-order valence-electron chi connectivity index (χ4n) is 1.64. The fourth-order valence-corrected chi connectivity index (χ4v) is 2.00. The third-order valence-electron chi connectivity index (χ3n) is 2.63. The van der Waals surface area contributed by atoms with E-state index in [1.54, 1.807) is 0 Å². The molecule has 0 spiro atoms. The van der Waals surface area contributed by atoms with Gasteiger partial charge in [0.05, 0.1) is 0 Å². The summed E-state index contributed by atoms with van der Waals surface area (Å²) in [7, 11) is 0. The zero-order chi connectivity index (χ0) is 13.0. The summed E-state index contributed by atoms with van der Waals surface area (Å²) in [6, 6.07) is 15.2. The maximum absolute atomic E-state index is 12.0. The number of carbonyl (C=O) groups is 1. The molecule has 2 nitrogen and oxygen atoms in total. The van der Waals surface area contributed by atoms with Gasteiger partial charge in [-0.3, -0.25) is 4.79 Å². The van der Waals surface area contributed by atoms with Crippen molar-refractivity contribution >= 4 is 28.4 Å². The van der Waals surface area contributed by atoms with Crippen LogP contribution in [0.4, 0.5) is 0 Å². The molecule has 3 heteroatoms. The van der Waals surface area contributed by atoms with Crippen LogP contribution >= 0.6 is 22.6 Å². The minimum Gasteiger partial charge on any atom is -0.485 e. The third-order valence-corrected chi connectivity index (χ3v) is 3.35. The normalized spacial score (nSPS) is 10.1. The third kappa shape index (κ3) is 3.32. The Morgan fingerprint density at radius 2 is 1.78 bits per heavy atom. The monoisotopic (exact) mass is 352 g/mol. The molecular formula is C15H13IO2. The molecule has 0 amide bonds. The fraction of sp³-hybridized carbons (Fsp3) is 0.133. The van der Waals surface area contributed by atoms with Crippen LogP contribution in [0, 0.1) is 10.5 Å². The van der Waals surface area contributed by atoms with E-state index in [-0.39, 0.29) is 12.4 Å². The van der Waals surface area contributed by atoms with Gasteiger partial charge in [0.1, 0.15) is 5.75 Å². The van der Waals surface area contributed by atoms with Crippen LogP contribution < -0.4 is 4.74 Å². The Morgan fingerprint density at radius 3 is 2.44 bits per heavy atom. The standard InChI is InChI=1S/C15H13IO2/c1-11-4-2-3-5-14(11)15(17)10-18-13-8-6-12(16)7-9-13/h2-9H,10H2,1H3. The number of Topliss-reactive ketones (excluding diaryl/α,β-unsaturated/α-hetero) is 1. The summed E-state index contributed by atoms with van der Waals surface area (Å²) in [5.41, 5.74) is 1.71. The van der Waals surface area contributed by atoms with Crippen LogP contribution in [0.25, 0.3) is 0 Å². The van der Waals surface area contributed by atoms with Gasteiger partial charge in [0, 0.05) is 9.13 Å². The summed E-state index contributed by atoms with van der Waals surface area (Å²) < 4.78 is 6.62. The molecule has 2 rings (SSSR count). The van der Waals surface area contributed by atoms with Crippen molar-refractivity contribution in [2.24, 2.45) is 0 Å². The smallest absolute Gasteiger partial charge is 0.200 e. The van der Waals surface area contributed by atoms with Crippen molar-refractivity contribution in [3.05, 3.63) is 63.2 Å². The van der Waals surface area contributed by atoms with E-state index in [9.17, 15) is 4.79 Å². The van der Waals surface area contributed by atoms with E-state index in [1.165, 1.54) is 0 Å². The number of benzene rings is 2. The van der Waals surface area contributed by atoms with Gasteiger partial charge in [-0.1, -0.05) is 24.3 Å². The lowest BCUT2D eigenvalue weighted by atomic mass is 10.1. The Balaban J connectivity index is 2.01. The second-order valence-corrected chi connectivity index (χ2v) is 5.23. The zero-order valence-electron chi connectivity index (χ0n) is 10.0. The van der Waals surface area contributed by atoms with Gasteiger partial charge in [-0.2, -0.15) is 0 Å². The maximum Gasteiger partial charge on any atom is 0.200 e. The van der Waals surface area contributed by atoms with Crippen molar-refractivity contribution in [1.29, 1.82) is 0 Å². The molecule has 92 valence electrons. The van der Waals surface area contributed by atoms with Crippen LogP contribution in [-0.2, 0) is 0 Å². The lowest BCUT2D eigenvalue weighted by Gasteiger charge is -2.07. The quantitative estimate of drug-likeness (QED) is 0.617. The highest BCUT2D eigenvalue weighted by atomic mass is 127. The van der Waals surface area contributed by atoms with Crippen molar-refractivity contribution in [3.63, 3.8) is 0 Å². The van der Waals surface area contributed by atoms with Crippen LogP contribution in [0.2, 0.25) is 0 Å². The topological polar surface area (TPSA) is 26.3 Å². The summed E-state index contributed by atoms with van der Waals surface area (Å²) in [6.07, 6.45) is 0. The van der Waals surface area contributed by atoms with E-state index in [0.717, 1.165) is 20.4 Å². The summed E-state index contributed by atoms with van der Waals surface area (Å²) in [5.74, 6) is 0.726. The molecule has 2 aromatic carbocycles. The van der Waals surface area contributed by atoms with E-state index in [0.29, 0.717) is 0 Å². The molecular weight excluding hydrogens is 339 g/mol. The molecule has 0 bridgehead atoms. The first-order valence-corrected chi connectivity index (χ1v) is 6.72. The van der Waals surface area contributed by atoms with Crippen LogP contribution in [0.1, 0.15) is 15.9 Å². The summed E-state index contributed by atoms with van der Waals surface area (Å²) in [4.78, 5) is 12.0. The molecule has 0 unspecified atom stereocenters. The molecule has 0 aliphatic carbocycles. The van der Waals surface area contributed by atoms with E-state index in [2.05, 4.69) is 22.6 Å². The SMILES string of the molecule is Cc1ccccc1C(=O)COc1ccc(I)cc1. The second-order valence-electron chi connectivity index (χ2n) is 3.98. The largest absolute Gasteiger partial charge is 0.485 e. The highest BCUT2D eigenvalue weighted by Gasteiger charge is 2.08. The van der Waals surface area contributed by atoms with Crippen molar-refractivity contribution in [1.82, 2.24) is 0 Å². The molecule has 0 heterocycles. The molecule has 0 atom stereocenters. The molecule has 0 N–H and O–H groups in total. The van der Waals surface area contributed by atoms with Gasteiger partial charge in [0.2, 0.25) is 0 Å². The van der Waals surface area contributed by atoms with Crippen LogP contribution in [-0.4, -0.2) is 12.4 Å². The Kier molecular flexibility index (Phi) is 4.36. The van der Waals surface area contributed by atoms with E-state index >= 15 is 0 Å². The lowest BCUT2D eigenvalue weighted by Crippen LogP contribution is -2.12. The molecule has 0 radical (unpaired) electrons. The Bertz CT molecular complexity index is 547. The summed E-state index contributed by atoms with van der Waals surface area (Å²) >= 11 is 2.23. The van der Waals surface area contributed by atoms with Crippen molar-refractivity contribution < 1.29 is 9.53 Å². The average Bonchev–Trinajstić information content (AvgIpc) is 2.38. The van der Waals surface area contributed by atoms with Crippen molar-refractivity contribution in [3.8, 4) is 5.75 Å². The van der Waals surface area contributed by atoms with Gasteiger partial charge in [-0.15, -0.1) is 0 Å². The minimum atomic E-state index is 0.00616. The zero-order valence-corrected chi connectivity index (χ0v) is 12.2. The van der Waals surface area contributed by atoms with Gasteiger partial charge in [0.15, 0.2) is 12.4 Å². The van der Waals surface area contributed by atoms with E-state index in [4.69, 9.17) is 4.74 Å².